The van der Waals surface area contributed by atoms with Gasteiger partial charge in [0.25, 0.3) is 0 Å². The molecule has 0 unspecified atom stereocenters. The Balaban J connectivity index is 2.46. The molecule has 0 spiro atoms. The van der Waals surface area contributed by atoms with E-state index in [0.717, 1.165) is 0 Å². The van der Waals surface area contributed by atoms with E-state index in [9.17, 15) is 4.79 Å². The molecular weight excluding hydrogens is 240 g/mol. The Morgan fingerprint density at radius 1 is 1.21 bits per heavy atom. The molecule has 0 saturated heterocycles. The highest BCUT2D eigenvalue weighted by molar-refractivity contribution is 5.73. The minimum absolute atomic E-state index is 0.0910. The fourth-order valence-electron chi connectivity index (χ4n) is 1.74. The van der Waals surface area contributed by atoms with Crippen LogP contribution >= 0.6 is 0 Å². The summed E-state index contributed by atoms with van der Waals surface area (Å²) in [6, 6.07) is 8.25. The van der Waals surface area contributed by atoms with Gasteiger partial charge in [-0.1, -0.05) is 43.7 Å². The quantitative estimate of drug-likeness (QED) is 0.774. The van der Waals surface area contributed by atoms with Gasteiger partial charge >= 0.3 is 6.03 Å². The number of carbonyl (C=O) groups excluding carboxylic acids is 1. The third-order valence-corrected chi connectivity index (χ3v) is 3.12. The van der Waals surface area contributed by atoms with Crippen molar-refractivity contribution >= 4 is 6.03 Å². The lowest BCUT2D eigenvalue weighted by atomic mass is 9.84. The van der Waals surface area contributed by atoms with Gasteiger partial charge in [0.15, 0.2) is 0 Å². The van der Waals surface area contributed by atoms with Crippen molar-refractivity contribution in [2.75, 3.05) is 26.8 Å². The molecule has 0 bridgehead atoms. The zero-order chi connectivity index (χ0) is 14.3. The minimum Gasteiger partial charge on any atom is -0.383 e. The van der Waals surface area contributed by atoms with Gasteiger partial charge in [0.05, 0.1) is 6.61 Å². The first kappa shape index (κ1) is 15.5. The smallest absolute Gasteiger partial charge is 0.314 e. The molecule has 0 aromatic heterocycles. The minimum atomic E-state index is -0.155. The van der Waals surface area contributed by atoms with Crippen LogP contribution in [-0.4, -0.2) is 32.8 Å². The highest BCUT2D eigenvalue weighted by atomic mass is 16.5. The Kier molecular flexibility index (Phi) is 5.83. The molecule has 1 aromatic carbocycles. The molecule has 4 heteroatoms. The fourth-order valence-corrected chi connectivity index (χ4v) is 1.74. The monoisotopic (exact) mass is 264 g/mol. The maximum Gasteiger partial charge on any atom is 0.314 e. The van der Waals surface area contributed by atoms with Gasteiger partial charge in [0, 0.05) is 25.6 Å². The molecule has 0 heterocycles. The summed E-state index contributed by atoms with van der Waals surface area (Å²) in [6.45, 7) is 7.94. The highest BCUT2D eigenvalue weighted by Gasteiger charge is 2.21. The Hall–Kier alpha value is -1.55. The summed E-state index contributed by atoms with van der Waals surface area (Å²) in [4.78, 5) is 11.6. The number of urea groups is 1. The highest BCUT2D eigenvalue weighted by Crippen LogP contribution is 2.22. The number of aryl methyl sites for hydroxylation is 1. The molecule has 2 amide bonds. The van der Waals surface area contributed by atoms with Crippen LogP contribution in [0, 0.1) is 6.92 Å². The van der Waals surface area contributed by atoms with E-state index in [1.165, 1.54) is 11.1 Å². The number of ether oxygens (including phenoxy) is 1. The summed E-state index contributed by atoms with van der Waals surface area (Å²) in [6.07, 6.45) is 0. The zero-order valence-corrected chi connectivity index (χ0v) is 12.2. The number of amides is 2. The van der Waals surface area contributed by atoms with Gasteiger partial charge in [-0.25, -0.2) is 4.79 Å². The van der Waals surface area contributed by atoms with Gasteiger partial charge in [0.1, 0.15) is 0 Å². The van der Waals surface area contributed by atoms with Crippen LogP contribution in [0.1, 0.15) is 25.0 Å². The molecule has 1 aromatic rings. The van der Waals surface area contributed by atoms with Crippen LogP contribution in [0.5, 0.6) is 0 Å². The molecule has 0 aliphatic rings. The van der Waals surface area contributed by atoms with Crippen LogP contribution < -0.4 is 10.6 Å². The summed E-state index contributed by atoms with van der Waals surface area (Å²) in [7, 11) is 1.61. The predicted octanol–water partition coefficient (Wildman–Crippen LogP) is 2.22. The van der Waals surface area contributed by atoms with Crippen molar-refractivity contribution < 1.29 is 9.53 Å². The lowest BCUT2D eigenvalue weighted by Crippen LogP contribution is -2.43. The summed E-state index contributed by atoms with van der Waals surface area (Å²) in [5.74, 6) is 0. The Bertz CT molecular complexity index is 399. The van der Waals surface area contributed by atoms with E-state index >= 15 is 0 Å². The van der Waals surface area contributed by atoms with E-state index < -0.39 is 0 Å². The van der Waals surface area contributed by atoms with Crippen LogP contribution in [0.3, 0.4) is 0 Å². The number of rotatable bonds is 6. The molecular formula is C15H24N2O2. The molecule has 19 heavy (non-hydrogen) atoms. The number of hydrogen-bond acceptors (Lipinski definition) is 2. The average Bonchev–Trinajstić information content (AvgIpc) is 2.37. The Labute approximate surface area is 115 Å². The van der Waals surface area contributed by atoms with Gasteiger partial charge < -0.3 is 15.4 Å². The molecule has 4 nitrogen and oxygen atoms in total. The Morgan fingerprint density at radius 3 is 2.42 bits per heavy atom. The second kappa shape index (κ2) is 7.14. The van der Waals surface area contributed by atoms with Gasteiger partial charge in [-0.05, 0) is 12.5 Å². The first-order valence-electron chi connectivity index (χ1n) is 6.53. The normalized spacial score (nSPS) is 11.2. The van der Waals surface area contributed by atoms with Crippen molar-refractivity contribution in [3.05, 3.63) is 35.4 Å². The van der Waals surface area contributed by atoms with Crippen molar-refractivity contribution in [3.8, 4) is 0 Å². The molecule has 0 fully saturated rings. The van der Waals surface area contributed by atoms with E-state index in [1.807, 2.05) is 0 Å². The lowest BCUT2D eigenvalue weighted by Gasteiger charge is -2.26. The second-order valence-corrected chi connectivity index (χ2v) is 5.35. The molecule has 0 radical (unpaired) electrons. The van der Waals surface area contributed by atoms with Crippen molar-refractivity contribution in [2.24, 2.45) is 0 Å². The standard InChI is InChI=1S/C15H24N2O2/c1-12-5-7-13(8-6-12)15(2,3)11-17-14(18)16-9-10-19-4/h5-8H,9-11H2,1-4H3,(H2,16,17,18). The first-order chi connectivity index (χ1) is 8.95. The lowest BCUT2D eigenvalue weighted by molar-refractivity contribution is 0.195. The fraction of sp³-hybridized carbons (Fsp3) is 0.533. The molecule has 1 rings (SSSR count). The van der Waals surface area contributed by atoms with Gasteiger partial charge in [0.2, 0.25) is 0 Å². The average molecular weight is 264 g/mol. The number of benzene rings is 1. The van der Waals surface area contributed by atoms with Crippen molar-refractivity contribution in [2.45, 2.75) is 26.2 Å². The van der Waals surface area contributed by atoms with E-state index in [-0.39, 0.29) is 11.4 Å². The number of methoxy groups -OCH3 is 1. The van der Waals surface area contributed by atoms with Crippen LogP contribution in [0.25, 0.3) is 0 Å². The van der Waals surface area contributed by atoms with Crippen molar-refractivity contribution in [1.29, 1.82) is 0 Å². The van der Waals surface area contributed by atoms with Crippen LogP contribution in [0.4, 0.5) is 4.79 Å². The Morgan fingerprint density at radius 2 is 1.84 bits per heavy atom. The van der Waals surface area contributed by atoms with Crippen molar-refractivity contribution in [3.63, 3.8) is 0 Å². The number of nitrogens with one attached hydrogen (secondary N) is 2. The van der Waals surface area contributed by atoms with E-state index in [1.54, 1.807) is 7.11 Å². The van der Waals surface area contributed by atoms with Gasteiger partial charge in [-0.15, -0.1) is 0 Å². The maximum absolute atomic E-state index is 11.6. The summed E-state index contributed by atoms with van der Waals surface area (Å²) < 4.78 is 4.88. The first-order valence-corrected chi connectivity index (χ1v) is 6.53. The molecule has 0 aliphatic heterocycles. The molecule has 106 valence electrons. The van der Waals surface area contributed by atoms with Crippen LogP contribution in [0.15, 0.2) is 24.3 Å². The number of carbonyl (C=O) groups is 1. The third kappa shape index (κ3) is 5.30. The molecule has 2 N–H and O–H groups in total. The molecule has 0 atom stereocenters. The topological polar surface area (TPSA) is 50.4 Å². The van der Waals surface area contributed by atoms with Gasteiger partial charge in [-0.2, -0.15) is 0 Å². The van der Waals surface area contributed by atoms with Crippen molar-refractivity contribution in [1.82, 2.24) is 10.6 Å². The maximum atomic E-state index is 11.6. The second-order valence-electron chi connectivity index (χ2n) is 5.35. The third-order valence-electron chi connectivity index (χ3n) is 3.12. The van der Waals surface area contributed by atoms with E-state index in [4.69, 9.17) is 4.74 Å². The van der Waals surface area contributed by atoms with Gasteiger partial charge in [-0.3, -0.25) is 0 Å². The van der Waals surface area contributed by atoms with Crippen LogP contribution in [0.2, 0.25) is 0 Å². The van der Waals surface area contributed by atoms with E-state index in [0.29, 0.717) is 19.7 Å². The van der Waals surface area contributed by atoms with E-state index in [2.05, 4.69) is 55.7 Å². The predicted molar refractivity (Wildman–Crippen MR) is 77.5 cm³/mol. The molecule has 0 aliphatic carbocycles. The zero-order valence-electron chi connectivity index (χ0n) is 12.2. The SMILES string of the molecule is COCCNC(=O)NCC(C)(C)c1ccc(C)cc1. The molecule has 0 saturated carbocycles. The van der Waals surface area contributed by atoms with Crippen LogP contribution in [-0.2, 0) is 10.2 Å². The number of hydrogen-bond donors (Lipinski definition) is 2. The summed E-state index contributed by atoms with van der Waals surface area (Å²) in [5.41, 5.74) is 2.37. The largest absolute Gasteiger partial charge is 0.383 e. The summed E-state index contributed by atoms with van der Waals surface area (Å²) >= 11 is 0. The summed E-state index contributed by atoms with van der Waals surface area (Å²) in [5, 5.41) is 5.63.